The molecule has 1 aliphatic carbocycles. The Morgan fingerprint density at radius 3 is 2.15 bits per heavy atom. The summed E-state index contributed by atoms with van der Waals surface area (Å²) in [7, 11) is 1.57. The van der Waals surface area contributed by atoms with Crippen molar-refractivity contribution in [2.24, 2.45) is 0 Å². The van der Waals surface area contributed by atoms with E-state index in [-0.39, 0.29) is 18.1 Å². The highest BCUT2D eigenvalue weighted by Crippen LogP contribution is 2.18. The predicted octanol–water partition coefficient (Wildman–Crippen LogP) is 2.03. The van der Waals surface area contributed by atoms with Crippen LogP contribution >= 0.6 is 0 Å². The zero-order valence-electron chi connectivity index (χ0n) is 22.3. The van der Waals surface area contributed by atoms with Gasteiger partial charge in [0.15, 0.2) is 5.78 Å². The number of hydrogen-bond donors (Lipinski definition) is 3. The topological polar surface area (TPSA) is 126 Å². The van der Waals surface area contributed by atoms with Crippen LogP contribution in [0.5, 0.6) is 5.75 Å². The number of nitrogens with one attached hydrogen (secondary N) is 3. The van der Waals surface area contributed by atoms with E-state index in [4.69, 9.17) is 9.47 Å². The molecule has 9 heteroatoms. The van der Waals surface area contributed by atoms with Crippen LogP contribution in [0.25, 0.3) is 0 Å². The molecule has 1 aliphatic heterocycles. The van der Waals surface area contributed by atoms with Gasteiger partial charge in [0, 0.05) is 12.0 Å². The normalized spacial score (nSPS) is 18.2. The molecule has 0 radical (unpaired) electrons. The molecule has 206 valence electrons. The molecule has 2 aromatic rings. The van der Waals surface area contributed by atoms with Gasteiger partial charge in [-0.15, -0.1) is 0 Å². The van der Waals surface area contributed by atoms with Gasteiger partial charge in [0.05, 0.1) is 19.8 Å². The summed E-state index contributed by atoms with van der Waals surface area (Å²) in [4.78, 5) is 52.1. The van der Waals surface area contributed by atoms with Crippen LogP contribution in [-0.2, 0) is 36.8 Å². The van der Waals surface area contributed by atoms with E-state index in [0.717, 1.165) is 24.0 Å². The minimum atomic E-state index is -0.984. The van der Waals surface area contributed by atoms with Gasteiger partial charge < -0.3 is 25.4 Å². The number of epoxide rings is 1. The summed E-state index contributed by atoms with van der Waals surface area (Å²) in [5.41, 5.74) is 2.36. The zero-order valence-corrected chi connectivity index (χ0v) is 22.3. The molecule has 1 fully saturated rings. The molecule has 1 saturated heterocycles. The number of ketones is 1. The van der Waals surface area contributed by atoms with Gasteiger partial charge >= 0.3 is 0 Å². The van der Waals surface area contributed by atoms with Gasteiger partial charge in [-0.2, -0.15) is 0 Å². The van der Waals surface area contributed by atoms with Crippen LogP contribution in [-0.4, -0.2) is 61.5 Å². The van der Waals surface area contributed by atoms with Crippen LogP contribution in [0.1, 0.15) is 37.3 Å². The monoisotopic (exact) mass is 533 g/mol. The van der Waals surface area contributed by atoms with Crippen LogP contribution in [0, 0.1) is 0 Å². The highest BCUT2D eigenvalue weighted by molar-refractivity contribution is 5.99. The molecule has 39 heavy (non-hydrogen) atoms. The summed E-state index contributed by atoms with van der Waals surface area (Å²) in [6, 6.07) is 13.9. The molecule has 2 aromatic carbocycles. The summed E-state index contributed by atoms with van der Waals surface area (Å²) in [6.07, 6.45) is 4.28. The standard InChI is InChI=1S/C30H35N3O6/c1-19(31-29(36)22-10-6-7-11-22)28(35)33-25(17-21-12-14-23(38-2)15-13-21)30(37)32-24(27(34)26-18-39-26)16-20-8-4-3-5-9-20/h3-5,8-10,12-15,19,24-26H,6-7,11,16-18H2,1-2H3,(H,31,36)(H,32,37)(H,33,35). The lowest BCUT2D eigenvalue weighted by atomic mass is 9.99. The fraction of sp³-hybridized carbons (Fsp3) is 0.400. The number of allylic oxidation sites excluding steroid dienone is 1. The van der Waals surface area contributed by atoms with E-state index >= 15 is 0 Å². The van der Waals surface area contributed by atoms with Crippen molar-refractivity contribution < 1.29 is 28.7 Å². The maximum atomic E-state index is 13.6. The minimum Gasteiger partial charge on any atom is -0.497 e. The molecule has 0 saturated carbocycles. The first kappa shape index (κ1) is 28.0. The summed E-state index contributed by atoms with van der Waals surface area (Å²) in [5.74, 6) is -0.797. The largest absolute Gasteiger partial charge is 0.497 e. The Kier molecular flexibility index (Phi) is 9.49. The second-order valence-electron chi connectivity index (χ2n) is 9.91. The minimum absolute atomic E-state index is 0.180. The van der Waals surface area contributed by atoms with Gasteiger partial charge in [0.2, 0.25) is 17.7 Å². The van der Waals surface area contributed by atoms with E-state index in [0.29, 0.717) is 30.8 Å². The Morgan fingerprint density at radius 2 is 1.54 bits per heavy atom. The summed E-state index contributed by atoms with van der Waals surface area (Å²) >= 11 is 0. The highest BCUT2D eigenvalue weighted by atomic mass is 16.6. The predicted molar refractivity (Wildman–Crippen MR) is 145 cm³/mol. The third-order valence-corrected chi connectivity index (χ3v) is 6.90. The molecular formula is C30H35N3O6. The van der Waals surface area contributed by atoms with E-state index in [2.05, 4.69) is 16.0 Å². The van der Waals surface area contributed by atoms with Crippen molar-refractivity contribution in [1.82, 2.24) is 16.0 Å². The Balaban J connectivity index is 1.48. The van der Waals surface area contributed by atoms with E-state index in [1.165, 1.54) is 0 Å². The average molecular weight is 534 g/mol. The summed E-state index contributed by atoms with van der Waals surface area (Å²) in [6.45, 7) is 1.91. The molecular weight excluding hydrogens is 498 g/mol. The number of ether oxygens (including phenoxy) is 2. The molecule has 0 bridgehead atoms. The first-order valence-corrected chi connectivity index (χ1v) is 13.3. The average Bonchev–Trinajstić information content (AvgIpc) is 3.65. The van der Waals surface area contributed by atoms with E-state index in [9.17, 15) is 19.2 Å². The molecule has 4 unspecified atom stereocenters. The van der Waals surface area contributed by atoms with Crippen molar-refractivity contribution in [2.45, 2.75) is 63.3 Å². The SMILES string of the molecule is COc1ccc(CC(NC(=O)C(C)NC(=O)C2=CCCC2)C(=O)NC(Cc2ccccc2)C(=O)C2CO2)cc1. The molecule has 4 rings (SSSR count). The number of benzene rings is 2. The molecule has 2 aliphatic rings. The van der Waals surface area contributed by atoms with Gasteiger partial charge in [0.25, 0.3) is 0 Å². The van der Waals surface area contributed by atoms with E-state index < -0.39 is 36.0 Å². The van der Waals surface area contributed by atoms with Crippen molar-refractivity contribution in [3.63, 3.8) is 0 Å². The first-order chi connectivity index (χ1) is 18.8. The first-order valence-electron chi connectivity index (χ1n) is 13.3. The Hall–Kier alpha value is -3.98. The molecule has 4 atom stereocenters. The van der Waals surface area contributed by atoms with Crippen LogP contribution in [0.4, 0.5) is 0 Å². The lowest BCUT2D eigenvalue weighted by molar-refractivity contribution is -0.133. The fourth-order valence-electron chi connectivity index (χ4n) is 4.52. The Bertz CT molecular complexity index is 1210. The Labute approximate surface area is 228 Å². The summed E-state index contributed by atoms with van der Waals surface area (Å²) in [5, 5.41) is 8.36. The van der Waals surface area contributed by atoms with Crippen molar-refractivity contribution in [2.75, 3.05) is 13.7 Å². The van der Waals surface area contributed by atoms with Crippen molar-refractivity contribution in [1.29, 1.82) is 0 Å². The lowest BCUT2D eigenvalue weighted by Crippen LogP contribution is -2.56. The van der Waals surface area contributed by atoms with Crippen molar-refractivity contribution in [3.8, 4) is 5.75 Å². The van der Waals surface area contributed by atoms with Gasteiger partial charge in [-0.25, -0.2) is 0 Å². The van der Waals surface area contributed by atoms with Crippen LogP contribution in [0.3, 0.4) is 0 Å². The molecule has 0 aromatic heterocycles. The van der Waals surface area contributed by atoms with Crippen LogP contribution in [0.15, 0.2) is 66.2 Å². The lowest BCUT2D eigenvalue weighted by Gasteiger charge is -2.24. The van der Waals surface area contributed by atoms with E-state index in [1.807, 2.05) is 48.5 Å². The smallest absolute Gasteiger partial charge is 0.247 e. The van der Waals surface area contributed by atoms with E-state index in [1.54, 1.807) is 26.2 Å². The van der Waals surface area contributed by atoms with Crippen molar-refractivity contribution in [3.05, 3.63) is 77.4 Å². The molecule has 9 nitrogen and oxygen atoms in total. The maximum Gasteiger partial charge on any atom is 0.247 e. The van der Waals surface area contributed by atoms with Crippen LogP contribution < -0.4 is 20.7 Å². The second kappa shape index (κ2) is 13.2. The number of hydrogen-bond acceptors (Lipinski definition) is 6. The third-order valence-electron chi connectivity index (χ3n) is 6.90. The highest BCUT2D eigenvalue weighted by Gasteiger charge is 2.38. The zero-order chi connectivity index (χ0) is 27.8. The fourth-order valence-corrected chi connectivity index (χ4v) is 4.52. The van der Waals surface area contributed by atoms with Gasteiger partial charge in [-0.05, 0) is 55.9 Å². The number of amides is 3. The quantitative estimate of drug-likeness (QED) is 0.338. The number of Topliss-reactive ketones (excluding diaryl/α,β-unsaturated/α-hetero) is 1. The van der Waals surface area contributed by atoms with Crippen LogP contribution in [0.2, 0.25) is 0 Å². The Morgan fingerprint density at radius 1 is 0.897 bits per heavy atom. The van der Waals surface area contributed by atoms with Gasteiger partial charge in [0.1, 0.15) is 23.9 Å². The number of rotatable bonds is 13. The molecule has 1 heterocycles. The molecule has 3 amide bonds. The molecule has 3 N–H and O–H groups in total. The summed E-state index contributed by atoms with van der Waals surface area (Å²) < 4.78 is 10.4. The maximum absolute atomic E-state index is 13.6. The van der Waals surface area contributed by atoms with Crippen molar-refractivity contribution >= 4 is 23.5 Å². The number of carbonyl (C=O) groups is 4. The van der Waals surface area contributed by atoms with Gasteiger partial charge in [-0.1, -0.05) is 48.5 Å². The third kappa shape index (κ3) is 8.00. The second-order valence-corrected chi connectivity index (χ2v) is 9.91. The van der Waals surface area contributed by atoms with Gasteiger partial charge in [-0.3, -0.25) is 19.2 Å². The molecule has 0 spiro atoms. The number of methoxy groups -OCH3 is 1. The number of carbonyl (C=O) groups excluding carboxylic acids is 4.